The van der Waals surface area contributed by atoms with E-state index in [4.69, 9.17) is 0 Å². The van der Waals surface area contributed by atoms with Crippen molar-refractivity contribution in [1.29, 1.82) is 0 Å². The minimum absolute atomic E-state index is 0.0944. The van der Waals surface area contributed by atoms with Crippen LogP contribution in [0.5, 0.6) is 0 Å². The molecule has 0 aromatic heterocycles. The molecule has 0 aliphatic heterocycles. The summed E-state index contributed by atoms with van der Waals surface area (Å²) in [5.74, 6) is -0.676. The number of rotatable bonds is 10. The van der Waals surface area contributed by atoms with Crippen molar-refractivity contribution >= 4 is 27.5 Å². The Kier molecular flexibility index (Phi) is 9.41. The third-order valence-electron chi connectivity index (χ3n) is 7.21. The van der Waals surface area contributed by atoms with Crippen molar-refractivity contribution in [3.63, 3.8) is 0 Å². The zero-order valence-corrected chi connectivity index (χ0v) is 23.4. The molecule has 1 N–H and O–H groups in total. The van der Waals surface area contributed by atoms with Crippen LogP contribution in [0.4, 0.5) is 5.69 Å². The van der Waals surface area contributed by atoms with Crippen LogP contribution in [0, 0.1) is 6.92 Å². The molecule has 4 rings (SSSR count). The minimum atomic E-state index is -4.06. The predicted molar refractivity (Wildman–Crippen MR) is 154 cm³/mol. The third kappa shape index (κ3) is 7.26. The van der Waals surface area contributed by atoms with Crippen molar-refractivity contribution < 1.29 is 18.0 Å². The maximum Gasteiger partial charge on any atom is 0.264 e. The van der Waals surface area contributed by atoms with Gasteiger partial charge in [0.25, 0.3) is 10.0 Å². The first-order valence-corrected chi connectivity index (χ1v) is 15.0. The lowest BCUT2D eigenvalue weighted by atomic mass is 9.95. The van der Waals surface area contributed by atoms with Crippen LogP contribution in [0.3, 0.4) is 0 Å². The smallest absolute Gasteiger partial charge is 0.264 e. The van der Waals surface area contributed by atoms with Gasteiger partial charge in [-0.15, -0.1) is 0 Å². The number of aryl methyl sites for hydroxylation is 1. The van der Waals surface area contributed by atoms with E-state index in [1.54, 1.807) is 43.3 Å². The maximum atomic E-state index is 14.0. The molecule has 1 fully saturated rings. The highest BCUT2D eigenvalue weighted by molar-refractivity contribution is 7.92. The summed E-state index contributed by atoms with van der Waals surface area (Å²) in [7, 11) is -4.06. The maximum absolute atomic E-state index is 14.0. The zero-order valence-electron chi connectivity index (χ0n) is 22.6. The molecule has 39 heavy (non-hydrogen) atoms. The number of amides is 2. The molecule has 0 spiro atoms. The molecule has 0 heterocycles. The minimum Gasteiger partial charge on any atom is -0.352 e. The number of carbonyl (C=O) groups excluding carboxylic acids is 2. The number of nitrogens with zero attached hydrogens (tertiary/aromatic N) is 2. The first kappa shape index (κ1) is 28.4. The summed E-state index contributed by atoms with van der Waals surface area (Å²) < 4.78 is 28.7. The lowest BCUT2D eigenvalue weighted by Crippen LogP contribution is -2.53. The average molecular weight is 548 g/mol. The summed E-state index contributed by atoms with van der Waals surface area (Å²) in [5, 5.41) is 3.12. The Bertz CT molecular complexity index is 1360. The standard InChI is InChI=1S/C31H37N3O4S/c1-24-13-12-18-28(21-24)34(39(37,38)29-19-10-5-11-20-29)23-30(35)33(22-26-14-6-3-7-15-26)25(2)31(36)32-27-16-8-4-9-17-27/h3,5-7,10-15,18-21,25,27H,4,8-9,16-17,22-23H2,1-2H3,(H,32,36)/t25-/m1/s1. The van der Waals surface area contributed by atoms with Crippen molar-refractivity contribution in [1.82, 2.24) is 10.2 Å². The molecule has 3 aromatic carbocycles. The summed E-state index contributed by atoms with van der Waals surface area (Å²) in [6, 6.07) is 23.9. The molecule has 8 heteroatoms. The Morgan fingerprint density at radius 2 is 1.54 bits per heavy atom. The monoisotopic (exact) mass is 547 g/mol. The van der Waals surface area contributed by atoms with Gasteiger partial charge in [-0.3, -0.25) is 13.9 Å². The summed E-state index contributed by atoms with van der Waals surface area (Å²) in [6.07, 6.45) is 5.19. The van der Waals surface area contributed by atoms with Gasteiger partial charge in [0.15, 0.2) is 0 Å². The van der Waals surface area contributed by atoms with Crippen LogP contribution in [0.25, 0.3) is 0 Å². The number of anilines is 1. The number of sulfonamides is 1. The van der Waals surface area contributed by atoms with E-state index in [9.17, 15) is 18.0 Å². The Balaban J connectivity index is 1.65. The fraction of sp³-hybridized carbons (Fsp3) is 0.355. The SMILES string of the molecule is Cc1cccc(N(CC(=O)N(Cc2ccccc2)[C@H](C)C(=O)NC2CCCCC2)S(=O)(=O)c2ccccc2)c1. The Hall–Kier alpha value is -3.65. The summed E-state index contributed by atoms with van der Waals surface area (Å²) in [6.45, 7) is 3.33. The van der Waals surface area contributed by atoms with Crippen LogP contribution < -0.4 is 9.62 Å². The van der Waals surface area contributed by atoms with Gasteiger partial charge in [-0.25, -0.2) is 8.42 Å². The normalized spacial score (nSPS) is 14.8. The molecule has 1 aliphatic carbocycles. The van der Waals surface area contributed by atoms with E-state index in [1.807, 2.05) is 43.3 Å². The molecule has 0 radical (unpaired) electrons. The Morgan fingerprint density at radius 1 is 0.897 bits per heavy atom. The first-order chi connectivity index (χ1) is 18.8. The van der Waals surface area contributed by atoms with Crippen molar-refractivity contribution in [2.45, 2.75) is 69.5 Å². The van der Waals surface area contributed by atoms with Gasteiger partial charge in [-0.05, 0) is 62.1 Å². The average Bonchev–Trinajstić information content (AvgIpc) is 2.95. The molecular weight excluding hydrogens is 510 g/mol. The van der Waals surface area contributed by atoms with Crippen LogP contribution in [0.1, 0.15) is 50.2 Å². The molecule has 0 unspecified atom stereocenters. The fourth-order valence-electron chi connectivity index (χ4n) is 4.96. The fourth-order valence-corrected chi connectivity index (χ4v) is 6.39. The van der Waals surface area contributed by atoms with Crippen LogP contribution in [0.2, 0.25) is 0 Å². The number of hydrogen-bond donors (Lipinski definition) is 1. The van der Waals surface area contributed by atoms with Gasteiger partial charge in [0, 0.05) is 12.6 Å². The summed E-state index contributed by atoms with van der Waals surface area (Å²) in [5.41, 5.74) is 2.12. The third-order valence-corrected chi connectivity index (χ3v) is 9.00. The second-order valence-corrected chi connectivity index (χ2v) is 12.1. The molecule has 0 bridgehead atoms. The van der Waals surface area contributed by atoms with Crippen LogP contribution in [-0.2, 0) is 26.2 Å². The van der Waals surface area contributed by atoms with E-state index >= 15 is 0 Å². The highest BCUT2D eigenvalue weighted by Crippen LogP contribution is 2.25. The zero-order chi connectivity index (χ0) is 27.8. The number of nitrogens with one attached hydrogen (secondary N) is 1. The van der Waals surface area contributed by atoms with E-state index < -0.39 is 28.5 Å². The van der Waals surface area contributed by atoms with Gasteiger partial charge in [0.1, 0.15) is 12.6 Å². The van der Waals surface area contributed by atoms with Crippen LogP contribution >= 0.6 is 0 Å². The van der Waals surface area contributed by atoms with E-state index in [2.05, 4.69) is 5.32 Å². The topological polar surface area (TPSA) is 86.8 Å². The van der Waals surface area contributed by atoms with Crippen molar-refractivity contribution in [3.05, 3.63) is 96.1 Å². The number of hydrogen-bond acceptors (Lipinski definition) is 4. The summed E-state index contributed by atoms with van der Waals surface area (Å²) >= 11 is 0. The molecule has 1 atom stereocenters. The molecule has 2 amide bonds. The van der Waals surface area contributed by atoms with Gasteiger partial charge < -0.3 is 10.2 Å². The van der Waals surface area contributed by atoms with Crippen molar-refractivity contribution in [3.8, 4) is 0 Å². The highest BCUT2D eigenvalue weighted by Gasteiger charge is 2.33. The predicted octanol–water partition coefficient (Wildman–Crippen LogP) is 5.06. The summed E-state index contributed by atoms with van der Waals surface area (Å²) in [4.78, 5) is 28.9. The number of carbonyl (C=O) groups is 2. The quantitative estimate of drug-likeness (QED) is 0.385. The second kappa shape index (κ2) is 12.9. The Labute approximate surface area is 231 Å². The molecule has 1 aliphatic rings. The van der Waals surface area contributed by atoms with Crippen molar-refractivity contribution in [2.75, 3.05) is 10.8 Å². The highest BCUT2D eigenvalue weighted by atomic mass is 32.2. The van der Waals surface area contributed by atoms with E-state index in [-0.39, 0.29) is 23.4 Å². The molecule has 1 saturated carbocycles. The van der Waals surface area contributed by atoms with E-state index in [0.29, 0.717) is 5.69 Å². The van der Waals surface area contributed by atoms with Gasteiger partial charge in [-0.2, -0.15) is 0 Å². The van der Waals surface area contributed by atoms with Crippen LogP contribution in [0.15, 0.2) is 89.8 Å². The molecule has 206 valence electrons. The first-order valence-electron chi connectivity index (χ1n) is 13.5. The van der Waals surface area contributed by atoms with Gasteiger partial charge in [0.05, 0.1) is 10.6 Å². The molecule has 0 saturated heterocycles. The lowest BCUT2D eigenvalue weighted by Gasteiger charge is -2.33. The van der Waals surface area contributed by atoms with Crippen LogP contribution in [-0.4, -0.2) is 43.8 Å². The number of benzene rings is 3. The van der Waals surface area contributed by atoms with E-state index in [1.165, 1.54) is 23.5 Å². The van der Waals surface area contributed by atoms with Gasteiger partial charge in [-0.1, -0.05) is 79.9 Å². The molecule has 3 aromatic rings. The van der Waals surface area contributed by atoms with Gasteiger partial charge >= 0.3 is 0 Å². The second-order valence-electron chi connectivity index (χ2n) is 10.2. The molecular formula is C31H37N3O4S. The lowest BCUT2D eigenvalue weighted by molar-refractivity contribution is -0.139. The van der Waals surface area contributed by atoms with E-state index in [0.717, 1.165) is 41.1 Å². The molecule has 7 nitrogen and oxygen atoms in total. The largest absolute Gasteiger partial charge is 0.352 e. The van der Waals surface area contributed by atoms with Gasteiger partial charge in [0.2, 0.25) is 11.8 Å². The van der Waals surface area contributed by atoms with Crippen molar-refractivity contribution in [2.24, 2.45) is 0 Å². The Morgan fingerprint density at radius 3 is 2.18 bits per heavy atom.